The van der Waals surface area contributed by atoms with Crippen LogP contribution in [0.4, 0.5) is 0 Å². The average molecular weight is 379 g/mol. The van der Waals surface area contributed by atoms with Gasteiger partial charge in [-0.1, -0.05) is 42.5 Å². The molecule has 0 aliphatic carbocycles. The second-order valence-electron chi connectivity index (χ2n) is 6.69. The largest absolute Gasteiger partial charge is 0.300 e. The number of ketones is 3. The van der Waals surface area contributed by atoms with Crippen molar-refractivity contribution in [2.45, 2.75) is 32.6 Å². The number of nitrogens with zero attached hydrogens (tertiary/aromatic N) is 1. The van der Waals surface area contributed by atoms with Crippen LogP contribution < -0.4 is 0 Å². The lowest BCUT2D eigenvalue weighted by Crippen LogP contribution is -2.20. The van der Waals surface area contributed by atoms with Crippen molar-refractivity contribution in [2.75, 3.05) is 0 Å². The minimum atomic E-state index is -0.509. The van der Waals surface area contributed by atoms with Gasteiger partial charge in [0.25, 0.3) is 0 Å². The topological polar surface area (TPSA) is 64.1 Å². The summed E-state index contributed by atoms with van der Waals surface area (Å²) in [4.78, 5) is 41.4. The maximum atomic E-state index is 13.0. The summed E-state index contributed by atoms with van der Waals surface area (Å²) in [6, 6.07) is 17.1. The van der Waals surface area contributed by atoms with Crippen molar-refractivity contribution in [3.63, 3.8) is 0 Å². The van der Waals surface area contributed by atoms with Crippen LogP contribution in [-0.4, -0.2) is 22.3 Å². The molecule has 5 heteroatoms. The number of carbonyl (C=O) groups excluding carboxylic acids is 3. The number of Topliss-reactive ketones (excluding diaryl/α,β-unsaturated/α-hetero) is 3. The number of benzene rings is 2. The summed E-state index contributed by atoms with van der Waals surface area (Å²) in [7, 11) is 0. The summed E-state index contributed by atoms with van der Waals surface area (Å²) in [5, 5.41) is 0.414. The molecule has 0 unspecified atom stereocenters. The summed E-state index contributed by atoms with van der Waals surface area (Å²) in [6.07, 6.45) is 1.10. The van der Waals surface area contributed by atoms with Crippen molar-refractivity contribution in [3.05, 3.63) is 65.2 Å². The second kappa shape index (κ2) is 8.82. The number of fused-ring (bicyclic) bond motifs is 1. The van der Waals surface area contributed by atoms with E-state index in [1.165, 1.54) is 18.3 Å². The third kappa shape index (κ3) is 5.17. The Labute approximate surface area is 162 Å². The molecule has 1 atom stereocenters. The molecule has 4 nitrogen and oxygen atoms in total. The first-order valence-corrected chi connectivity index (χ1v) is 9.79. The first kappa shape index (κ1) is 19.1. The lowest BCUT2D eigenvalue weighted by Gasteiger charge is -2.13. The highest BCUT2D eigenvalue weighted by molar-refractivity contribution is 7.20. The molecule has 0 saturated heterocycles. The monoisotopic (exact) mass is 379 g/mol. The van der Waals surface area contributed by atoms with E-state index in [4.69, 9.17) is 0 Å². The lowest BCUT2D eigenvalue weighted by molar-refractivity contribution is -0.120. The molecule has 0 amide bonds. The maximum absolute atomic E-state index is 13.0. The zero-order valence-corrected chi connectivity index (χ0v) is 16.0. The van der Waals surface area contributed by atoms with E-state index >= 15 is 0 Å². The van der Waals surface area contributed by atoms with Crippen molar-refractivity contribution in [3.8, 4) is 0 Å². The van der Waals surface area contributed by atoms with Gasteiger partial charge in [0, 0.05) is 25.2 Å². The second-order valence-corrected chi connectivity index (χ2v) is 7.72. The summed E-state index contributed by atoms with van der Waals surface area (Å²) < 4.78 is 0.946. The molecule has 0 aliphatic rings. The normalized spacial score (nSPS) is 12.0. The molecule has 0 spiro atoms. The summed E-state index contributed by atoms with van der Waals surface area (Å²) in [5.74, 6) is -0.624. The van der Waals surface area contributed by atoms with E-state index in [0.29, 0.717) is 24.3 Å². The van der Waals surface area contributed by atoms with E-state index in [9.17, 15) is 14.4 Å². The molecule has 0 aliphatic heterocycles. The highest BCUT2D eigenvalue weighted by Crippen LogP contribution is 2.26. The van der Waals surface area contributed by atoms with Gasteiger partial charge in [0.15, 0.2) is 10.8 Å². The van der Waals surface area contributed by atoms with Gasteiger partial charge in [0.05, 0.1) is 10.2 Å². The molecule has 0 radical (unpaired) electrons. The van der Waals surface area contributed by atoms with E-state index in [2.05, 4.69) is 4.98 Å². The number of hydrogen-bond donors (Lipinski definition) is 0. The molecule has 1 heterocycles. The summed E-state index contributed by atoms with van der Waals surface area (Å²) in [5.41, 5.74) is 1.71. The SMILES string of the molecule is CC(=O)CC[C@H](CC(=O)Cc1ccccc1)C(=O)c1nc2ccccc2s1. The molecule has 138 valence electrons. The highest BCUT2D eigenvalue weighted by Gasteiger charge is 2.26. The molecule has 1 aromatic heterocycles. The fraction of sp³-hybridized carbons (Fsp3) is 0.273. The van der Waals surface area contributed by atoms with Crippen molar-refractivity contribution >= 4 is 38.9 Å². The van der Waals surface area contributed by atoms with Gasteiger partial charge in [0.2, 0.25) is 0 Å². The van der Waals surface area contributed by atoms with E-state index < -0.39 is 5.92 Å². The minimum Gasteiger partial charge on any atom is -0.300 e. The highest BCUT2D eigenvalue weighted by atomic mass is 32.1. The summed E-state index contributed by atoms with van der Waals surface area (Å²) >= 11 is 1.34. The van der Waals surface area contributed by atoms with Crippen molar-refractivity contribution in [1.82, 2.24) is 4.98 Å². The summed E-state index contributed by atoms with van der Waals surface area (Å²) in [6.45, 7) is 1.50. The fourth-order valence-electron chi connectivity index (χ4n) is 3.03. The van der Waals surface area contributed by atoms with Crippen LogP contribution in [-0.2, 0) is 16.0 Å². The molecule has 0 N–H and O–H groups in total. The average Bonchev–Trinajstić information content (AvgIpc) is 3.09. The minimum absolute atomic E-state index is 0.00390. The lowest BCUT2D eigenvalue weighted by atomic mass is 9.90. The predicted octanol–water partition coefficient (Wildman–Crippen LogP) is 4.67. The smallest absolute Gasteiger partial charge is 0.194 e. The Morgan fingerprint density at radius 1 is 1.00 bits per heavy atom. The van der Waals surface area contributed by atoms with Gasteiger partial charge in [-0.15, -0.1) is 11.3 Å². The molecule has 2 aromatic carbocycles. The zero-order valence-electron chi connectivity index (χ0n) is 15.2. The van der Waals surface area contributed by atoms with Gasteiger partial charge in [-0.3, -0.25) is 9.59 Å². The van der Waals surface area contributed by atoms with Crippen molar-refractivity contribution < 1.29 is 14.4 Å². The molecular formula is C22H21NO3S. The molecule has 27 heavy (non-hydrogen) atoms. The molecule has 0 bridgehead atoms. The third-order valence-electron chi connectivity index (χ3n) is 4.44. The number of carbonyl (C=O) groups is 3. The Morgan fingerprint density at radius 2 is 1.70 bits per heavy atom. The Balaban J connectivity index is 1.76. The van der Waals surface area contributed by atoms with Gasteiger partial charge in [0.1, 0.15) is 11.6 Å². The van der Waals surface area contributed by atoms with Gasteiger partial charge >= 0.3 is 0 Å². The fourth-order valence-corrected chi connectivity index (χ4v) is 4.01. The Kier molecular flexibility index (Phi) is 6.24. The Hall–Kier alpha value is -2.66. The number of para-hydroxylation sites is 1. The van der Waals surface area contributed by atoms with Crippen LogP contribution in [0.15, 0.2) is 54.6 Å². The first-order valence-electron chi connectivity index (χ1n) is 8.98. The number of hydrogen-bond acceptors (Lipinski definition) is 5. The number of aromatic nitrogens is 1. The van der Waals surface area contributed by atoms with Crippen molar-refractivity contribution in [1.29, 1.82) is 0 Å². The van der Waals surface area contributed by atoms with Gasteiger partial charge < -0.3 is 4.79 Å². The molecule has 3 rings (SSSR count). The van der Waals surface area contributed by atoms with Crippen LogP contribution in [0.1, 0.15) is 41.6 Å². The molecule has 3 aromatic rings. The molecule has 0 fully saturated rings. The van der Waals surface area contributed by atoms with Crippen LogP contribution in [0.25, 0.3) is 10.2 Å². The maximum Gasteiger partial charge on any atom is 0.194 e. The van der Waals surface area contributed by atoms with Crippen LogP contribution in [0.3, 0.4) is 0 Å². The van der Waals surface area contributed by atoms with Crippen molar-refractivity contribution in [2.24, 2.45) is 5.92 Å². The predicted molar refractivity (Wildman–Crippen MR) is 107 cm³/mol. The first-order chi connectivity index (χ1) is 13.0. The van der Waals surface area contributed by atoms with E-state index in [1.54, 1.807) is 0 Å². The van der Waals surface area contributed by atoms with E-state index in [1.807, 2.05) is 54.6 Å². The molecular weight excluding hydrogens is 358 g/mol. The van der Waals surface area contributed by atoms with Crippen LogP contribution in [0.5, 0.6) is 0 Å². The number of rotatable bonds is 9. The van der Waals surface area contributed by atoms with Crippen LogP contribution in [0.2, 0.25) is 0 Å². The molecule has 0 saturated carbocycles. The van der Waals surface area contributed by atoms with Crippen LogP contribution >= 0.6 is 11.3 Å². The zero-order chi connectivity index (χ0) is 19.2. The van der Waals surface area contributed by atoms with Gasteiger partial charge in [-0.05, 0) is 31.0 Å². The third-order valence-corrected chi connectivity index (χ3v) is 5.49. The standard InChI is InChI=1S/C22H21NO3S/c1-15(24)11-12-17(14-18(25)13-16-7-3-2-4-8-16)21(26)22-23-19-9-5-6-10-20(19)27-22/h2-10,17H,11-14H2,1H3/t17-/m1/s1. The Morgan fingerprint density at radius 3 is 2.41 bits per heavy atom. The van der Waals surface area contributed by atoms with Crippen LogP contribution in [0, 0.1) is 5.92 Å². The van der Waals surface area contributed by atoms with Gasteiger partial charge in [-0.2, -0.15) is 0 Å². The van der Waals surface area contributed by atoms with E-state index in [-0.39, 0.29) is 23.8 Å². The Bertz CT molecular complexity index is 929. The quantitative estimate of drug-likeness (QED) is 0.507. The number of thiazole rings is 1. The van der Waals surface area contributed by atoms with Gasteiger partial charge in [-0.25, -0.2) is 4.98 Å². The van der Waals surface area contributed by atoms with E-state index in [0.717, 1.165) is 15.8 Å².